The van der Waals surface area contributed by atoms with Gasteiger partial charge in [0.1, 0.15) is 17.4 Å². The van der Waals surface area contributed by atoms with Crippen LogP contribution >= 0.6 is 0 Å². The van der Waals surface area contributed by atoms with Gasteiger partial charge in [-0.15, -0.1) is 13.2 Å². The Bertz CT molecular complexity index is 1170. The number of benzene rings is 1. The second kappa shape index (κ2) is 8.72. The van der Waals surface area contributed by atoms with Crippen molar-refractivity contribution < 1.29 is 22.7 Å². The molecule has 1 aliphatic heterocycles. The molecule has 0 spiro atoms. The molecular formula is C22H23F3N6O2. The lowest BCUT2D eigenvalue weighted by Crippen LogP contribution is -2.49. The molecule has 1 aliphatic rings. The molecule has 0 aliphatic carbocycles. The van der Waals surface area contributed by atoms with E-state index in [1.807, 2.05) is 32.9 Å². The van der Waals surface area contributed by atoms with E-state index in [0.717, 1.165) is 23.3 Å². The summed E-state index contributed by atoms with van der Waals surface area (Å²) in [6.07, 6.45) is -4.81. The van der Waals surface area contributed by atoms with Crippen molar-refractivity contribution in [3.8, 4) is 11.6 Å². The Morgan fingerprint density at radius 1 is 0.970 bits per heavy atom. The molecule has 2 aromatic heterocycles. The summed E-state index contributed by atoms with van der Waals surface area (Å²) in [7, 11) is 0. The van der Waals surface area contributed by atoms with Gasteiger partial charge in [-0.2, -0.15) is 5.10 Å². The van der Waals surface area contributed by atoms with E-state index in [0.29, 0.717) is 37.8 Å². The van der Waals surface area contributed by atoms with Crippen molar-refractivity contribution in [3.05, 3.63) is 59.2 Å². The number of alkyl halides is 3. The van der Waals surface area contributed by atoms with Gasteiger partial charge in [0.05, 0.1) is 5.69 Å². The van der Waals surface area contributed by atoms with Gasteiger partial charge in [-0.25, -0.2) is 14.6 Å². The normalized spacial score (nSPS) is 14.5. The molecule has 1 aromatic carbocycles. The zero-order chi connectivity index (χ0) is 23.8. The highest BCUT2D eigenvalue weighted by Gasteiger charge is 2.31. The highest BCUT2D eigenvalue weighted by molar-refractivity contribution is 5.94. The van der Waals surface area contributed by atoms with Crippen LogP contribution in [0.5, 0.6) is 5.75 Å². The molecule has 4 rings (SSSR count). The predicted octanol–water partition coefficient (Wildman–Crippen LogP) is 3.45. The van der Waals surface area contributed by atoms with Gasteiger partial charge in [0.2, 0.25) is 0 Å². The number of piperazine rings is 1. The summed E-state index contributed by atoms with van der Waals surface area (Å²) in [6.45, 7) is 7.54. The van der Waals surface area contributed by atoms with Crippen LogP contribution in [0.25, 0.3) is 5.82 Å². The molecule has 1 amide bonds. The van der Waals surface area contributed by atoms with Crippen LogP contribution in [0.1, 0.15) is 27.6 Å². The van der Waals surface area contributed by atoms with Crippen LogP contribution < -0.4 is 9.64 Å². The maximum Gasteiger partial charge on any atom is 0.573 e. The van der Waals surface area contributed by atoms with Gasteiger partial charge in [-0.1, -0.05) is 6.07 Å². The summed E-state index contributed by atoms with van der Waals surface area (Å²) in [5.74, 6) is 1.25. The number of aromatic nitrogens is 4. The van der Waals surface area contributed by atoms with E-state index in [2.05, 4.69) is 24.7 Å². The van der Waals surface area contributed by atoms with Gasteiger partial charge in [-0.05, 0) is 45.0 Å². The van der Waals surface area contributed by atoms with E-state index >= 15 is 0 Å². The van der Waals surface area contributed by atoms with Crippen molar-refractivity contribution in [2.24, 2.45) is 0 Å². The number of amides is 1. The SMILES string of the molecule is Cc1cc(C)n(-c2cc(N3CCN(C(=O)c4cccc(OC(F)(F)F)c4)CC3)nc(C)n2)n1. The fourth-order valence-electron chi connectivity index (χ4n) is 3.82. The lowest BCUT2D eigenvalue weighted by molar-refractivity contribution is -0.274. The van der Waals surface area contributed by atoms with Crippen LogP contribution in [0, 0.1) is 20.8 Å². The largest absolute Gasteiger partial charge is 0.573 e. The Hall–Kier alpha value is -3.63. The third-order valence-electron chi connectivity index (χ3n) is 5.24. The number of ether oxygens (including phenoxy) is 1. The number of hydrogen-bond acceptors (Lipinski definition) is 6. The number of carbonyl (C=O) groups excluding carboxylic acids is 1. The molecule has 3 aromatic rings. The number of nitrogens with zero attached hydrogens (tertiary/aromatic N) is 6. The van der Waals surface area contributed by atoms with Crippen LogP contribution in [0.2, 0.25) is 0 Å². The minimum atomic E-state index is -4.81. The van der Waals surface area contributed by atoms with Crippen LogP contribution in [0.4, 0.5) is 19.0 Å². The van der Waals surface area contributed by atoms with Crippen molar-refractivity contribution in [3.63, 3.8) is 0 Å². The molecule has 0 saturated carbocycles. The van der Waals surface area contributed by atoms with Crippen LogP contribution in [-0.4, -0.2) is 63.1 Å². The number of rotatable bonds is 4. The van der Waals surface area contributed by atoms with E-state index in [1.165, 1.54) is 18.2 Å². The molecular weight excluding hydrogens is 437 g/mol. The van der Waals surface area contributed by atoms with Gasteiger partial charge in [-0.3, -0.25) is 4.79 Å². The minimum absolute atomic E-state index is 0.148. The zero-order valence-electron chi connectivity index (χ0n) is 18.4. The summed E-state index contributed by atoms with van der Waals surface area (Å²) < 4.78 is 43.1. The van der Waals surface area contributed by atoms with Gasteiger partial charge in [0, 0.05) is 43.5 Å². The second-order valence-corrected chi connectivity index (χ2v) is 7.83. The molecule has 0 bridgehead atoms. The van der Waals surface area contributed by atoms with Crippen molar-refractivity contribution in [2.45, 2.75) is 27.1 Å². The Morgan fingerprint density at radius 2 is 1.67 bits per heavy atom. The third kappa shape index (κ3) is 5.24. The molecule has 0 radical (unpaired) electrons. The first-order valence-electron chi connectivity index (χ1n) is 10.4. The van der Waals surface area contributed by atoms with E-state index in [1.54, 1.807) is 9.58 Å². The van der Waals surface area contributed by atoms with Crippen molar-refractivity contribution in [2.75, 3.05) is 31.1 Å². The molecule has 33 heavy (non-hydrogen) atoms. The van der Waals surface area contributed by atoms with Crippen LogP contribution in [0.15, 0.2) is 36.4 Å². The van der Waals surface area contributed by atoms with Crippen LogP contribution in [0.3, 0.4) is 0 Å². The fourth-order valence-corrected chi connectivity index (χ4v) is 3.82. The number of aryl methyl sites for hydroxylation is 3. The number of hydrogen-bond donors (Lipinski definition) is 0. The molecule has 0 atom stereocenters. The average molecular weight is 460 g/mol. The Kier molecular flexibility index (Phi) is 5.96. The maximum atomic E-state index is 12.8. The van der Waals surface area contributed by atoms with E-state index in [4.69, 9.17) is 0 Å². The van der Waals surface area contributed by atoms with Crippen molar-refractivity contribution in [1.82, 2.24) is 24.6 Å². The summed E-state index contributed by atoms with van der Waals surface area (Å²) >= 11 is 0. The highest BCUT2D eigenvalue weighted by Crippen LogP contribution is 2.24. The monoisotopic (exact) mass is 460 g/mol. The summed E-state index contributed by atoms with van der Waals surface area (Å²) in [5, 5.41) is 4.48. The number of halogens is 3. The molecule has 0 unspecified atom stereocenters. The Balaban J connectivity index is 1.46. The predicted molar refractivity (Wildman–Crippen MR) is 115 cm³/mol. The lowest BCUT2D eigenvalue weighted by atomic mass is 10.1. The first kappa shape index (κ1) is 22.6. The molecule has 1 saturated heterocycles. The number of carbonyl (C=O) groups is 1. The Labute approximate surface area is 188 Å². The van der Waals surface area contributed by atoms with Gasteiger partial charge >= 0.3 is 6.36 Å². The summed E-state index contributed by atoms with van der Waals surface area (Å²) in [6, 6.07) is 8.95. The van der Waals surface area contributed by atoms with Gasteiger partial charge in [0.15, 0.2) is 5.82 Å². The van der Waals surface area contributed by atoms with Gasteiger partial charge < -0.3 is 14.5 Å². The Morgan fingerprint density at radius 3 is 2.30 bits per heavy atom. The second-order valence-electron chi connectivity index (χ2n) is 7.83. The highest BCUT2D eigenvalue weighted by atomic mass is 19.4. The van der Waals surface area contributed by atoms with E-state index < -0.39 is 12.1 Å². The average Bonchev–Trinajstić information content (AvgIpc) is 3.10. The van der Waals surface area contributed by atoms with Crippen molar-refractivity contribution in [1.29, 1.82) is 0 Å². The molecule has 8 nitrogen and oxygen atoms in total. The third-order valence-corrected chi connectivity index (χ3v) is 5.24. The molecule has 1 fully saturated rings. The minimum Gasteiger partial charge on any atom is -0.406 e. The molecule has 0 N–H and O–H groups in total. The zero-order valence-corrected chi connectivity index (χ0v) is 18.4. The van der Waals surface area contributed by atoms with Crippen LogP contribution in [-0.2, 0) is 0 Å². The first-order chi connectivity index (χ1) is 15.6. The standard InChI is InChI=1S/C22H23F3N6O2/c1-14-11-15(2)31(28-14)20-13-19(26-16(3)27-20)29-7-9-30(10-8-29)21(32)17-5-4-6-18(12-17)33-22(23,24)25/h4-6,11-13H,7-10H2,1-3H3. The van der Waals surface area contributed by atoms with E-state index in [9.17, 15) is 18.0 Å². The fraction of sp³-hybridized carbons (Fsp3) is 0.364. The smallest absolute Gasteiger partial charge is 0.406 e. The first-order valence-corrected chi connectivity index (χ1v) is 10.4. The molecule has 174 valence electrons. The number of anilines is 1. The van der Waals surface area contributed by atoms with Gasteiger partial charge in [0.25, 0.3) is 5.91 Å². The lowest BCUT2D eigenvalue weighted by Gasteiger charge is -2.35. The quantitative estimate of drug-likeness (QED) is 0.594. The summed E-state index contributed by atoms with van der Waals surface area (Å²) in [5.41, 5.74) is 2.00. The summed E-state index contributed by atoms with van der Waals surface area (Å²) in [4.78, 5) is 25.5. The topological polar surface area (TPSA) is 76.4 Å². The molecule has 3 heterocycles. The molecule has 11 heteroatoms. The van der Waals surface area contributed by atoms with E-state index in [-0.39, 0.29) is 11.5 Å². The van der Waals surface area contributed by atoms with Crippen molar-refractivity contribution >= 4 is 11.7 Å². The maximum absolute atomic E-state index is 12.8.